The number of ketones is 1. The molecule has 0 unspecified atom stereocenters. The molecule has 33 heavy (non-hydrogen) atoms. The van der Waals surface area contributed by atoms with Gasteiger partial charge in [-0.1, -0.05) is 13.8 Å². The van der Waals surface area contributed by atoms with Crippen LogP contribution in [0.1, 0.15) is 69.3 Å². The van der Waals surface area contributed by atoms with Crippen molar-refractivity contribution >= 4 is 29.4 Å². The first-order valence-corrected chi connectivity index (χ1v) is 12.0. The minimum absolute atomic E-state index is 0.00152. The van der Waals surface area contributed by atoms with Crippen LogP contribution in [0, 0.1) is 11.3 Å². The lowest BCUT2D eigenvalue weighted by Crippen LogP contribution is -2.81. The van der Waals surface area contributed by atoms with Gasteiger partial charge >= 0.3 is 0 Å². The van der Waals surface area contributed by atoms with Crippen LogP contribution in [-0.4, -0.2) is 51.3 Å². The molecule has 2 bridgehead atoms. The fourth-order valence-electron chi connectivity index (χ4n) is 7.99. The number of ether oxygens (including phenoxy) is 1. The molecule has 8 rings (SSSR count). The second-order valence-electron chi connectivity index (χ2n) is 12.0. The van der Waals surface area contributed by atoms with E-state index in [4.69, 9.17) is 4.74 Å². The molecule has 5 fully saturated rings. The third-order valence-corrected chi connectivity index (χ3v) is 9.73. The van der Waals surface area contributed by atoms with Crippen molar-refractivity contribution in [1.82, 2.24) is 10.2 Å². The molecule has 1 saturated carbocycles. The smallest absolute Gasteiger partial charge is 0.249 e. The predicted molar refractivity (Wildman–Crippen MR) is 122 cm³/mol. The van der Waals surface area contributed by atoms with Gasteiger partial charge in [0.2, 0.25) is 11.8 Å². The van der Waals surface area contributed by atoms with Gasteiger partial charge in [0.25, 0.3) is 0 Å². The first-order valence-electron chi connectivity index (χ1n) is 12.0. The molecule has 2 N–H and O–H groups in total. The highest BCUT2D eigenvalue weighted by molar-refractivity contribution is 6.17. The van der Waals surface area contributed by atoms with Crippen LogP contribution in [0.25, 0.3) is 6.08 Å². The highest BCUT2D eigenvalue weighted by Gasteiger charge is 2.80. The van der Waals surface area contributed by atoms with Gasteiger partial charge in [-0.05, 0) is 57.4 Å². The third kappa shape index (κ3) is 1.91. The second-order valence-corrected chi connectivity index (χ2v) is 12.0. The van der Waals surface area contributed by atoms with E-state index in [0.29, 0.717) is 24.9 Å². The van der Waals surface area contributed by atoms with Crippen molar-refractivity contribution in [3.8, 4) is 5.75 Å². The Labute approximate surface area is 192 Å². The number of piperidine rings is 2. The fourth-order valence-corrected chi connectivity index (χ4v) is 7.99. The number of Topliss-reactive ketones (excluding diaryl/α,β-unsaturated/α-hetero) is 1. The molecule has 1 aliphatic carbocycles. The molecule has 0 aromatic heterocycles. The Morgan fingerprint density at radius 1 is 1.09 bits per heavy atom. The number of carbonyl (C=O) groups excluding carboxylic acids is 3. The summed E-state index contributed by atoms with van der Waals surface area (Å²) in [5, 5.41) is 6.80. The highest BCUT2D eigenvalue weighted by atomic mass is 16.5. The van der Waals surface area contributed by atoms with E-state index in [0.717, 1.165) is 23.4 Å². The molecule has 7 heteroatoms. The molecule has 4 atom stereocenters. The van der Waals surface area contributed by atoms with Crippen molar-refractivity contribution < 1.29 is 19.1 Å². The van der Waals surface area contributed by atoms with Gasteiger partial charge < -0.3 is 20.3 Å². The standard InChI is InChI=1S/C26H29N3O4/c1-22(2)10-8-14-16(33-22)7-6-15-18(14)27-26(19(15)30)13-25-17(23(26,3)4)12-24(20(31)28-25)9-5-11-29(24)21(25)32/h6-8,10,17,27H,5,9,11-13H2,1-4H3,(H,28,31)/t17-,24+,25-,26+/m1/s1. The molecule has 7 nitrogen and oxygen atoms in total. The minimum atomic E-state index is -1.04. The van der Waals surface area contributed by atoms with Crippen LogP contribution in [0.15, 0.2) is 18.2 Å². The number of nitrogens with zero attached hydrogens (tertiary/aromatic N) is 1. The first-order chi connectivity index (χ1) is 15.5. The van der Waals surface area contributed by atoms with Crippen LogP contribution < -0.4 is 15.4 Å². The molecule has 3 spiro atoms. The highest BCUT2D eigenvalue weighted by Crippen LogP contribution is 2.67. The van der Waals surface area contributed by atoms with E-state index in [1.54, 1.807) is 0 Å². The minimum Gasteiger partial charge on any atom is -0.483 e. The van der Waals surface area contributed by atoms with Crippen molar-refractivity contribution in [3.05, 3.63) is 29.3 Å². The van der Waals surface area contributed by atoms with Crippen molar-refractivity contribution in [2.45, 2.75) is 75.6 Å². The van der Waals surface area contributed by atoms with Gasteiger partial charge in [-0.15, -0.1) is 0 Å². The lowest BCUT2D eigenvalue weighted by molar-refractivity contribution is -0.175. The number of carbonyl (C=O) groups is 3. The molecule has 172 valence electrons. The summed E-state index contributed by atoms with van der Waals surface area (Å²) in [5.74, 6) is 0.600. The summed E-state index contributed by atoms with van der Waals surface area (Å²) in [6.45, 7) is 8.82. The number of hydrogen-bond acceptors (Lipinski definition) is 5. The van der Waals surface area contributed by atoms with Gasteiger partial charge in [0.05, 0.1) is 5.69 Å². The van der Waals surface area contributed by atoms with Crippen LogP contribution >= 0.6 is 0 Å². The Hall–Kier alpha value is -2.83. The molecule has 6 aliphatic heterocycles. The van der Waals surface area contributed by atoms with Crippen LogP contribution in [0.2, 0.25) is 0 Å². The SMILES string of the molecule is CC1(C)C=Cc2c(ccc3c2N[C@@]2(C[C@]45NC(=O)[C@]6(CCCN6C4=O)C[C@@H]5C2(C)C)C3=O)O1. The zero-order valence-corrected chi connectivity index (χ0v) is 19.5. The zero-order chi connectivity index (χ0) is 23.2. The Morgan fingerprint density at radius 2 is 1.88 bits per heavy atom. The molecule has 7 aliphatic rings. The third-order valence-electron chi connectivity index (χ3n) is 9.73. The molecular weight excluding hydrogens is 418 g/mol. The van der Waals surface area contributed by atoms with E-state index in [1.165, 1.54) is 0 Å². The summed E-state index contributed by atoms with van der Waals surface area (Å²) < 4.78 is 6.15. The number of rotatable bonds is 0. The number of amides is 2. The van der Waals surface area contributed by atoms with Crippen LogP contribution in [0.5, 0.6) is 5.75 Å². The summed E-state index contributed by atoms with van der Waals surface area (Å²) in [5.41, 5.74) is -1.42. The topological polar surface area (TPSA) is 87.7 Å². The van der Waals surface area contributed by atoms with E-state index in [-0.39, 0.29) is 29.9 Å². The first kappa shape index (κ1) is 19.6. The van der Waals surface area contributed by atoms with Crippen molar-refractivity contribution in [1.29, 1.82) is 0 Å². The Morgan fingerprint density at radius 3 is 2.67 bits per heavy atom. The molecule has 1 aromatic carbocycles. The average Bonchev–Trinajstić information content (AvgIpc) is 3.35. The summed E-state index contributed by atoms with van der Waals surface area (Å²) in [7, 11) is 0. The van der Waals surface area contributed by atoms with Crippen LogP contribution in [0.4, 0.5) is 5.69 Å². The van der Waals surface area contributed by atoms with Gasteiger partial charge in [-0.25, -0.2) is 0 Å². The van der Waals surface area contributed by atoms with Gasteiger partial charge in [0.15, 0.2) is 5.78 Å². The van der Waals surface area contributed by atoms with Crippen molar-refractivity contribution in [3.63, 3.8) is 0 Å². The van der Waals surface area contributed by atoms with E-state index < -0.39 is 27.6 Å². The molecule has 2 amide bonds. The Kier molecular flexibility index (Phi) is 3.14. The Balaban J connectivity index is 1.38. The number of anilines is 1. The van der Waals surface area contributed by atoms with E-state index in [1.807, 2.05) is 43.0 Å². The lowest BCUT2D eigenvalue weighted by Gasteiger charge is -2.58. The number of benzene rings is 1. The van der Waals surface area contributed by atoms with Crippen molar-refractivity contribution in [2.24, 2.45) is 11.3 Å². The van der Waals surface area contributed by atoms with Gasteiger partial charge in [-0.3, -0.25) is 14.4 Å². The predicted octanol–water partition coefficient (Wildman–Crippen LogP) is 2.90. The summed E-state index contributed by atoms with van der Waals surface area (Å²) in [6, 6.07) is 3.72. The fraction of sp³-hybridized carbons (Fsp3) is 0.577. The summed E-state index contributed by atoms with van der Waals surface area (Å²) in [6.07, 6.45) is 6.48. The van der Waals surface area contributed by atoms with Crippen LogP contribution in [0.3, 0.4) is 0 Å². The molecule has 0 radical (unpaired) electrons. The number of fused-ring (bicyclic) bond motifs is 4. The van der Waals surface area contributed by atoms with Crippen LogP contribution in [-0.2, 0) is 9.59 Å². The number of hydrogen-bond donors (Lipinski definition) is 2. The molecular formula is C26H29N3O4. The average molecular weight is 448 g/mol. The Bertz CT molecular complexity index is 1230. The summed E-state index contributed by atoms with van der Waals surface area (Å²) in [4.78, 5) is 43.1. The maximum absolute atomic E-state index is 14.1. The van der Waals surface area contributed by atoms with Crippen molar-refractivity contribution in [2.75, 3.05) is 11.9 Å². The second kappa shape index (κ2) is 5.29. The van der Waals surface area contributed by atoms with Gasteiger partial charge in [0, 0.05) is 35.4 Å². The largest absolute Gasteiger partial charge is 0.483 e. The zero-order valence-electron chi connectivity index (χ0n) is 19.5. The van der Waals surface area contributed by atoms with Gasteiger partial charge in [-0.2, -0.15) is 0 Å². The summed E-state index contributed by atoms with van der Waals surface area (Å²) >= 11 is 0. The quantitative estimate of drug-likeness (QED) is 0.639. The van der Waals surface area contributed by atoms with E-state index in [2.05, 4.69) is 24.5 Å². The monoisotopic (exact) mass is 447 g/mol. The molecule has 4 saturated heterocycles. The lowest BCUT2D eigenvalue weighted by atomic mass is 9.59. The van der Waals surface area contributed by atoms with Gasteiger partial charge in [0.1, 0.15) is 28.0 Å². The van der Waals surface area contributed by atoms with E-state index in [9.17, 15) is 14.4 Å². The molecule has 1 aromatic rings. The maximum atomic E-state index is 14.1. The van der Waals surface area contributed by atoms with E-state index >= 15 is 0 Å². The number of nitrogens with one attached hydrogen (secondary N) is 2. The maximum Gasteiger partial charge on any atom is 0.249 e. The number of piperazine rings is 1. The molecule has 6 heterocycles. The normalized spacial score (nSPS) is 40.2.